The van der Waals surface area contributed by atoms with Gasteiger partial charge in [-0.2, -0.15) is 0 Å². The van der Waals surface area contributed by atoms with E-state index in [1.165, 1.54) is 18.5 Å². The molecule has 0 aromatic rings. The first-order valence-corrected chi connectivity index (χ1v) is 9.09. The molecule has 0 aromatic heterocycles. The Bertz CT molecular complexity index is 89.1. The molecule has 1 heterocycles. The van der Waals surface area contributed by atoms with E-state index in [0.29, 0.717) is 0 Å². The summed E-state index contributed by atoms with van der Waals surface area (Å²) in [5.41, 5.74) is 0. The van der Waals surface area contributed by atoms with Crippen molar-refractivity contribution in [2.24, 2.45) is 0 Å². The van der Waals surface area contributed by atoms with Crippen LogP contribution in [0.4, 0.5) is 0 Å². The topological polar surface area (TPSA) is 9.23 Å². The third-order valence-electron chi connectivity index (χ3n) is 1.75. The van der Waals surface area contributed by atoms with Crippen LogP contribution in [-0.4, -0.2) is 24.2 Å². The van der Waals surface area contributed by atoms with Crippen LogP contribution in [0.5, 0.6) is 0 Å². The second-order valence-electron chi connectivity index (χ2n) is 2.61. The van der Waals surface area contributed by atoms with Crippen molar-refractivity contribution >= 4 is 17.6 Å². The highest BCUT2D eigenvalue weighted by Crippen LogP contribution is 2.08. The molecular formula is C6H14OSi2. The van der Waals surface area contributed by atoms with Gasteiger partial charge in [0.1, 0.15) is 9.28 Å². The second kappa shape index (κ2) is 4.03. The number of allylic oxidation sites excluding steroid dienone is 1. The van der Waals surface area contributed by atoms with Crippen LogP contribution < -0.4 is 0 Å². The van der Waals surface area contributed by atoms with Gasteiger partial charge in [0.15, 0.2) is 0 Å². The summed E-state index contributed by atoms with van der Waals surface area (Å²) < 4.78 is 5.49. The summed E-state index contributed by atoms with van der Waals surface area (Å²) in [6, 6.07) is 2.85. The van der Waals surface area contributed by atoms with Gasteiger partial charge in [-0.15, -0.1) is 6.58 Å². The van der Waals surface area contributed by atoms with Crippen molar-refractivity contribution < 1.29 is 4.43 Å². The molecule has 0 aliphatic carbocycles. The van der Waals surface area contributed by atoms with E-state index in [-0.39, 0.29) is 17.6 Å². The molecule has 1 atom stereocenters. The van der Waals surface area contributed by atoms with Gasteiger partial charge in [-0.25, -0.2) is 0 Å². The molecule has 3 heteroatoms. The van der Waals surface area contributed by atoms with Gasteiger partial charge in [0, 0.05) is 6.61 Å². The summed E-state index contributed by atoms with van der Waals surface area (Å²) in [5, 5.41) is 0. The third-order valence-corrected chi connectivity index (χ3v) is 9.32. The Balaban J connectivity index is 2.15. The minimum absolute atomic E-state index is 0.0209. The van der Waals surface area contributed by atoms with Gasteiger partial charge >= 0.3 is 0 Å². The Morgan fingerprint density at radius 1 is 1.78 bits per heavy atom. The maximum atomic E-state index is 5.49. The zero-order valence-electron chi connectivity index (χ0n) is 5.81. The van der Waals surface area contributed by atoms with Crippen LogP contribution in [0.3, 0.4) is 0 Å². The van der Waals surface area contributed by atoms with E-state index < -0.39 is 0 Å². The van der Waals surface area contributed by atoms with Gasteiger partial charge in [-0.05, 0) is 12.5 Å². The van der Waals surface area contributed by atoms with Gasteiger partial charge < -0.3 is 4.43 Å². The van der Waals surface area contributed by atoms with Crippen LogP contribution >= 0.6 is 0 Å². The molecule has 1 saturated heterocycles. The minimum atomic E-state index is -0.328. The first-order valence-electron chi connectivity index (χ1n) is 3.62. The molecule has 0 spiro atoms. The quantitative estimate of drug-likeness (QED) is 0.417. The summed E-state index contributed by atoms with van der Waals surface area (Å²) in [5.74, 6) is 0. The maximum absolute atomic E-state index is 5.49. The lowest BCUT2D eigenvalue weighted by Gasteiger charge is -2.18. The molecule has 1 nitrogen and oxygen atoms in total. The molecular weight excluding hydrogens is 144 g/mol. The molecule has 0 amide bonds. The van der Waals surface area contributed by atoms with Crippen molar-refractivity contribution in [3.8, 4) is 0 Å². The summed E-state index contributed by atoms with van der Waals surface area (Å²) in [6.07, 6.45) is 3.41. The van der Waals surface area contributed by atoms with Gasteiger partial charge in [0.2, 0.25) is 0 Å². The lowest BCUT2D eigenvalue weighted by Crippen LogP contribution is -2.29. The highest BCUT2D eigenvalue weighted by Gasteiger charge is 2.13. The van der Waals surface area contributed by atoms with Crippen molar-refractivity contribution in [2.75, 3.05) is 6.61 Å². The lowest BCUT2D eigenvalue weighted by atomic mass is 10.5. The van der Waals surface area contributed by atoms with E-state index in [2.05, 4.69) is 12.7 Å². The average Bonchev–Trinajstić information content (AvgIpc) is 1.91. The van der Waals surface area contributed by atoms with Crippen LogP contribution in [-0.2, 0) is 4.43 Å². The van der Waals surface area contributed by atoms with Crippen LogP contribution in [0.2, 0.25) is 12.1 Å². The van der Waals surface area contributed by atoms with Gasteiger partial charge in [0.25, 0.3) is 0 Å². The first-order chi connectivity index (χ1) is 4.43. The highest BCUT2D eigenvalue weighted by molar-refractivity contribution is 7.10. The highest BCUT2D eigenvalue weighted by atomic mass is 29.2. The summed E-state index contributed by atoms with van der Waals surface area (Å²) in [6.45, 7) is 4.82. The van der Waals surface area contributed by atoms with Gasteiger partial charge in [0.05, 0.1) is 8.31 Å². The van der Waals surface area contributed by atoms with Crippen molar-refractivity contribution in [1.29, 1.82) is 0 Å². The van der Waals surface area contributed by atoms with Crippen LogP contribution in [0, 0.1) is 0 Å². The third kappa shape index (κ3) is 2.47. The van der Waals surface area contributed by atoms with Crippen LogP contribution in [0.1, 0.15) is 6.42 Å². The molecule has 0 saturated carbocycles. The fourth-order valence-electron chi connectivity index (χ4n) is 1.23. The van der Waals surface area contributed by atoms with E-state index in [4.69, 9.17) is 4.43 Å². The normalized spacial score (nSPS) is 30.4. The molecule has 1 aliphatic rings. The molecule has 1 aliphatic heterocycles. The Morgan fingerprint density at radius 3 is 3.22 bits per heavy atom. The SMILES string of the molecule is C=CC[SiH]1CCCO[SiH2]1. The predicted molar refractivity (Wildman–Crippen MR) is 46.1 cm³/mol. The fraction of sp³-hybridized carbons (Fsp3) is 0.667. The molecule has 1 rings (SSSR count). The largest absolute Gasteiger partial charge is 0.428 e. The monoisotopic (exact) mass is 158 g/mol. The zero-order chi connectivity index (χ0) is 6.53. The molecule has 0 aromatic carbocycles. The van der Waals surface area contributed by atoms with Crippen molar-refractivity contribution in [2.45, 2.75) is 18.5 Å². The second-order valence-corrected chi connectivity index (χ2v) is 10.6. The lowest BCUT2D eigenvalue weighted by molar-refractivity contribution is 0.335. The van der Waals surface area contributed by atoms with E-state index >= 15 is 0 Å². The number of rotatable bonds is 2. The summed E-state index contributed by atoms with van der Waals surface area (Å²) >= 11 is 0. The van der Waals surface area contributed by atoms with E-state index in [1.807, 2.05) is 0 Å². The summed E-state index contributed by atoms with van der Waals surface area (Å²) in [4.78, 5) is 0. The van der Waals surface area contributed by atoms with Gasteiger partial charge in [-0.3, -0.25) is 0 Å². The number of hydrogen-bond donors (Lipinski definition) is 0. The molecule has 0 radical (unpaired) electrons. The smallest absolute Gasteiger partial charge is 0.147 e. The molecule has 0 bridgehead atoms. The van der Waals surface area contributed by atoms with Crippen molar-refractivity contribution in [3.05, 3.63) is 12.7 Å². The van der Waals surface area contributed by atoms with Crippen LogP contribution in [0.15, 0.2) is 12.7 Å². The minimum Gasteiger partial charge on any atom is -0.428 e. The van der Waals surface area contributed by atoms with Crippen LogP contribution in [0.25, 0.3) is 0 Å². The average molecular weight is 158 g/mol. The molecule has 1 unspecified atom stereocenters. The predicted octanol–water partition coefficient (Wildman–Crippen LogP) is 0.400. The van der Waals surface area contributed by atoms with Gasteiger partial charge in [-0.1, -0.05) is 12.1 Å². The molecule has 9 heavy (non-hydrogen) atoms. The van der Waals surface area contributed by atoms with E-state index in [1.54, 1.807) is 0 Å². The first kappa shape index (κ1) is 7.24. The Hall–Kier alpha value is 0.134. The Labute approximate surface area is 60.4 Å². The maximum Gasteiger partial charge on any atom is 0.147 e. The summed E-state index contributed by atoms with van der Waals surface area (Å²) in [7, 11) is -0.348. The number of hydrogen-bond acceptors (Lipinski definition) is 1. The Kier molecular flexibility index (Phi) is 3.24. The standard InChI is InChI=1S/C6H14OSi2/c1-2-5-9-6-3-4-7-8-9/h2,9H,1,3-6,8H2. The van der Waals surface area contributed by atoms with E-state index in [9.17, 15) is 0 Å². The fourth-order valence-corrected chi connectivity index (χ4v) is 7.67. The van der Waals surface area contributed by atoms with Crippen molar-refractivity contribution in [1.82, 2.24) is 0 Å². The molecule has 1 fully saturated rings. The van der Waals surface area contributed by atoms with Crippen molar-refractivity contribution in [3.63, 3.8) is 0 Å². The van der Waals surface area contributed by atoms with E-state index in [0.717, 1.165) is 6.61 Å². The Morgan fingerprint density at radius 2 is 2.67 bits per heavy atom. The molecule has 52 valence electrons. The zero-order valence-corrected chi connectivity index (χ0v) is 8.37. The molecule has 0 N–H and O–H groups in total.